The van der Waals surface area contributed by atoms with Crippen molar-refractivity contribution in [3.05, 3.63) is 35.2 Å². The lowest BCUT2D eigenvalue weighted by Crippen LogP contribution is -1.88. The van der Waals surface area contributed by atoms with Crippen molar-refractivity contribution in [1.29, 1.82) is 0 Å². The summed E-state index contributed by atoms with van der Waals surface area (Å²) in [5.74, 6) is -2.89. The minimum atomic E-state index is -1.16. The van der Waals surface area contributed by atoms with Crippen LogP contribution in [-0.4, -0.2) is 0 Å². The number of halogens is 3. The molecule has 0 aliphatic heterocycles. The molecular weight excluding hydrogens is 177 g/mol. The average molecular weight is 190 g/mol. The van der Waals surface area contributed by atoms with Crippen molar-refractivity contribution in [1.82, 2.24) is 0 Å². The van der Waals surface area contributed by atoms with Crippen LogP contribution in [0.3, 0.4) is 0 Å². The Morgan fingerprint density at radius 2 is 1.54 bits per heavy atom. The first-order valence-corrected chi connectivity index (χ1v) is 3.98. The minimum absolute atomic E-state index is 0.0410. The lowest BCUT2D eigenvalue weighted by atomic mass is 10.1. The SMILES string of the molecule is C=C(C)/C(F)=C(F)\C(C)=C(\F)CC. The summed E-state index contributed by atoms with van der Waals surface area (Å²) in [5, 5.41) is 0. The smallest absolute Gasteiger partial charge is 0.164 e. The maximum atomic E-state index is 13.0. The normalized spacial score (nSPS) is 14.9. The molecule has 13 heavy (non-hydrogen) atoms. The zero-order chi connectivity index (χ0) is 10.6. The third-order valence-electron chi connectivity index (χ3n) is 1.61. The molecule has 3 heteroatoms. The highest BCUT2D eigenvalue weighted by Crippen LogP contribution is 2.25. The van der Waals surface area contributed by atoms with E-state index in [2.05, 4.69) is 6.58 Å². The maximum absolute atomic E-state index is 13.0. The highest BCUT2D eigenvalue weighted by atomic mass is 19.2. The average Bonchev–Trinajstić information content (AvgIpc) is 2.12. The number of rotatable bonds is 3. The molecule has 0 amide bonds. The molecule has 0 saturated heterocycles. The molecule has 0 aromatic rings. The molecule has 0 aliphatic carbocycles. The van der Waals surface area contributed by atoms with Gasteiger partial charge in [-0.1, -0.05) is 13.5 Å². The van der Waals surface area contributed by atoms with E-state index in [9.17, 15) is 13.2 Å². The summed E-state index contributed by atoms with van der Waals surface area (Å²) in [6, 6.07) is 0. The van der Waals surface area contributed by atoms with Crippen molar-refractivity contribution in [3.8, 4) is 0 Å². The zero-order valence-electron chi connectivity index (χ0n) is 8.05. The molecule has 0 rings (SSSR count). The van der Waals surface area contributed by atoms with Gasteiger partial charge in [-0.05, 0) is 25.8 Å². The standard InChI is InChI=1S/C10H13F3/c1-5-8(11)7(4)10(13)9(12)6(2)3/h2,5H2,1,3-4H3/b8-7+,10-9-. The van der Waals surface area contributed by atoms with Crippen molar-refractivity contribution < 1.29 is 13.2 Å². The van der Waals surface area contributed by atoms with Gasteiger partial charge in [-0.3, -0.25) is 0 Å². The second-order valence-corrected chi connectivity index (χ2v) is 2.79. The quantitative estimate of drug-likeness (QED) is 0.580. The molecule has 0 saturated carbocycles. The fourth-order valence-electron chi connectivity index (χ4n) is 0.736. The summed E-state index contributed by atoms with van der Waals surface area (Å²) < 4.78 is 38.7. The molecule has 0 heterocycles. The number of hydrogen-bond acceptors (Lipinski definition) is 0. The Kier molecular flexibility index (Phi) is 4.52. The predicted octanol–water partition coefficient (Wildman–Crippen LogP) is 4.37. The van der Waals surface area contributed by atoms with Gasteiger partial charge >= 0.3 is 0 Å². The molecule has 0 aromatic heterocycles. The van der Waals surface area contributed by atoms with Crippen molar-refractivity contribution in [2.24, 2.45) is 0 Å². The Hall–Kier alpha value is -0.990. The van der Waals surface area contributed by atoms with Crippen LogP contribution in [0.25, 0.3) is 0 Å². The van der Waals surface area contributed by atoms with Crippen LogP contribution in [0.2, 0.25) is 0 Å². The Morgan fingerprint density at radius 3 is 1.85 bits per heavy atom. The van der Waals surface area contributed by atoms with Crippen LogP contribution in [-0.2, 0) is 0 Å². The molecule has 0 unspecified atom stereocenters. The lowest BCUT2D eigenvalue weighted by Gasteiger charge is -2.02. The molecule has 0 radical (unpaired) electrons. The topological polar surface area (TPSA) is 0 Å². The molecule has 74 valence electrons. The van der Waals surface area contributed by atoms with Gasteiger partial charge in [0.25, 0.3) is 0 Å². The third-order valence-corrected chi connectivity index (χ3v) is 1.61. The fourth-order valence-corrected chi connectivity index (χ4v) is 0.736. The molecule has 0 nitrogen and oxygen atoms in total. The van der Waals surface area contributed by atoms with Crippen molar-refractivity contribution >= 4 is 0 Å². The maximum Gasteiger partial charge on any atom is 0.164 e. The molecule has 0 aromatic carbocycles. The van der Waals surface area contributed by atoms with Crippen LogP contribution in [0.4, 0.5) is 13.2 Å². The minimum Gasteiger partial charge on any atom is -0.211 e. The van der Waals surface area contributed by atoms with Crippen LogP contribution in [0.15, 0.2) is 35.2 Å². The Labute approximate surface area is 76.5 Å². The van der Waals surface area contributed by atoms with Gasteiger partial charge in [0.2, 0.25) is 0 Å². The van der Waals surface area contributed by atoms with Crippen LogP contribution in [0.1, 0.15) is 27.2 Å². The summed E-state index contributed by atoms with van der Waals surface area (Å²) in [7, 11) is 0. The van der Waals surface area contributed by atoms with E-state index >= 15 is 0 Å². The van der Waals surface area contributed by atoms with Gasteiger partial charge in [-0.25, -0.2) is 13.2 Å². The predicted molar refractivity (Wildman–Crippen MR) is 48.2 cm³/mol. The van der Waals surface area contributed by atoms with E-state index in [1.165, 1.54) is 20.8 Å². The summed E-state index contributed by atoms with van der Waals surface area (Å²) in [5.41, 5.74) is -0.330. The van der Waals surface area contributed by atoms with Gasteiger partial charge in [0.05, 0.1) is 0 Å². The summed E-state index contributed by atoms with van der Waals surface area (Å²) in [6.07, 6.45) is 0.0583. The molecule has 0 bridgehead atoms. The van der Waals surface area contributed by atoms with E-state index < -0.39 is 17.5 Å². The molecule has 0 atom stereocenters. The summed E-state index contributed by atoms with van der Waals surface area (Å²) in [4.78, 5) is 0. The van der Waals surface area contributed by atoms with Crippen molar-refractivity contribution in [3.63, 3.8) is 0 Å². The van der Waals surface area contributed by atoms with E-state index in [-0.39, 0.29) is 17.6 Å². The molecule has 0 fully saturated rings. The van der Waals surface area contributed by atoms with Gasteiger partial charge in [-0.2, -0.15) is 0 Å². The largest absolute Gasteiger partial charge is 0.211 e. The number of hydrogen-bond donors (Lipinski definition) is 0. The zero-order valence-corrected chi connectivity index (χ0v) is 8.05. The second kappa shape index (κ2) is 4.90. The van der Waals surface area contributed by atoms with Crippen molar-refractivity contribution in [2.75, 3.05) is 0 Å². The Balaban J connectivity index is 5.10. The first-order chi connectivity index (χ1) is 5.91. The van der Waals surface area contributed by atoms with Crippen LogP contribution < -0.4 is 0 Å². The Morgan fingerprint density at radius 1 is 1.08 bits per heavy atom. The Bertz CT molecular complexity index is 272. The van der Waals surface area contributed by atoms with Gasteiger partial charge < -0.3 is 0 Å². The lowest BCUT2D eigenvalue weighted by molar-refractivity contribution is 0.532. The second-order valence-electron chi connectivity index (χ2n) is 2.79. The first-order valence-electron chi connectivity index (χ1n) is 3.98. The van der Waals surface area contributed by atoms with E-state index in [0.717, 1.165) is 0 Å². The number of allylic oxidation sites excluding steroid dienone is 5. The van der Waals surface area contributed by atoms with Crippen LogP contribution >= 0.6 is 0 Å². The monoisotopic (exact) mass is 190 g/mol. The van der Waals surface area contributed by atoms with Crippen LogP contribution in [0, 0.1) is 0 Å². The third kappa shape index (κ3) is 3.09. The summed E-state index contributed by atoms with van der Waals surface area (Å²) in [6.45, 7) is 7.29. The van der Waals surface area contributed by atoms with E-state index in [1.807, 2.05) is 0 Å². The fraction of sp³-hybridized carbons (Fsp3) is 0.400. The highest BCUT2D eigenvalue weighted by Gasteiger charge is 2.12. The molecule has 0 aliphatic rings. The van der Waals surface area contributed by atoms with E-state index in [4.69, 9.17) is 0 Å². The highest BCUT2D eigenvalue weighted by molar-refractivity contribution is 5.35. The van der Waals surface area contributed by atoms with Gasteiger partial charge in [0, 0.05) is 5.57 Å². The molecular formula is C10H13F3. The summed E-state index contributed by atoms with van der Waals surface area (Å²) >= 11 is 0. The first kappa shape index (κ1) is 12.0. The van der Waals surface area contributed by atoms with E-state index in [1.54, 1.807) is 0 Å². The van der Waals surface area contributed by atoms with E-state index in [0.29, 0.717) is 0 Å². The van der Waals surface area contributed by atoms with Crippen LogP contribution in [0.5, 0.6) is 0 Å². The van der Waals surface area contributed by atoms with Gasteiger partial charge in [-0.15, -0.1) is 0 Å². The van der Waals surface area contributed by atoms with Crippen molar-refractivity contribution in [2.45, 2.75) is 27.2 Å². The molecule has 0 N–H and O–H groups in total. The van der Waals surface area contributed by atoms with Gasteiger partial charge in [0.1, 0.15) is 5.83 Å². The van der Waals surface area contributed by atoms with Gasteiger partial charge in [0.15, 0.2) is 11.7 Å². The molecule has 0 spiro atoms.